The maximum Gasteiger partial charge on any atom is 0.134 e. The SMILES string of the molecule is CC(=O)Cc1cc(N(CCCl)CCCl)cc(N(CCCl)CCCl)c1. The van der Waals surface area contributed by atoms with Gasteiger partial charge < -0.3 is 9.80 Å². The number of carbonyl (C=O) groups excluding carboxylic acids is 1. The van der Waals surface area contributed by atoms with Gasteiger partial charge in [-0.15, -0.1) is 46.4 Å². The molecule has 0 N–H and O–H groups in total. The molecule has 0 spiro atoms. The van der Waals surface area contributed by atoms with E-state index in [1.165, 1.54) is 0 Å². The molecular formula is C17H24Cl4N2O. The number of rotatable bonds is 12. The summed E-state index contributed by atoms with van der Waals surface area (Å²) in [6.07, 6.45) is 0.395. The van der Waals surface area contributed by atoms with Crippen LogP contribution in [0.4, 0.5) is 11.4 Å². The Morgan fingerprint density at radius 1 is 0.792 bits per heavy atom. The standard InChI is InChI=1S/C17H24Cl4N2O/c1-14(24)10-15-11-16(22(6-2-18)7-3-19)13-17(12-15)23(8-4-20)9-5-21/h11-13H,2-10H2,1H3. The molecule has 136 valence electrons. The quantitative estimate of drug-likeness (QED) is 0.475. The van der Waals surface area contributed by atoms with E-state index in [2.05, 4.69) is 15.9 Å². The Labute approximate surface area is 164 Å². The van der Waals surface area contributed by atoms with Crippen molar-refractivity contribution in [2.24, 2.45) is 0 Å². The summed E-state index contributed by atoms with van der Waals surface area (Å²) < 4.78 is 0. The number of anilines is 2. The molecule has 0 aliphatic rings. The third-order valence-electron chi connectivity index (χ3n) is 3.56. The van der Waals surface area contributed by atoms with Crippen LogP contribution in [0.15, 0.2) is 18.2 Å². The van der Waals surface area contributed by atoms with Crippen LogP contribution in [0.3, 0.4) is 0 Å². The van der Waals surface area contributed by atoms with E-state index in [1.54, 1.807) is 6.92 Å². The molecule has 0 atom stereocenters. The summed E-state index contributed by atoms with van der Waals surface area (Å²) >= 11 is 23.7. The predicted molar refractivity (Wildman–Crippen MR) is 108 cm³/mol. The van der Waals surface area contributed by atoms with Crippen molar-refractivity contribution >= 4 is 63.6 Å². The van der Waals surface area contributed by atoms with E-state index >= 15 is 0 Å². The molecule has 1 aromatic carbocycles. The lowest BCUT2D eigenvalue weighted by Gasteiger charge is -2.28. The summed E-state index contributed by atoms with van der Waals surface area (Å²) in [5.41, 5.74) is 3.00. The van der Waals surface area contributed by atoms with Gasteiger partial charge in [-0.1, -0.05) is 0 Å². The largest absolute Gasteiger partial charge is 0.369 e. The van der Waals surface area contributed by atoms with E-state index in [-0.39, 0.29) is 5.78 Å². The zero-order valence-corrected chi connectivity index (χ0v) is 16.9. The van der Waals surface area contributed by atoms with Gasteiger partial charge in [0.15, 0.2) is 0 Å². The van der Waals surface area contributed by atoms with Gasteiger partial charge in [-0.25, -0.2) is 0 Å². The van der Waals surface area contributed by atoms with Crippen LogP contribution in [0.5, 0.6) is 0 Å². The Morgan fingerprint density at radius 2 is 1.17 bits per heavy atom. The van der Waals surface area contributed by atoms with Crippen molar-refractivity contribution in [3.8, 4) is 0 Å². The average molecular weight is 414 g/mol. The highest BCUT2D eigenvalue weighted by molar-refractivity contribution is 6.19. The first-order valence-electron chi connectivity index (χ1n) is 7.92. The second kappa shape index (κ2) is 12.1. The minimum Gasteiger partial charge on any atom is -0.369 e. The maximum atomic E-state index is 11.6. The molecule has 0 unspecified atom stereocenters. The monoisotopic (exact) mass is 412 g/mol. The van der Waals surface area contributed by atoms with E-state index in [0.29, 0.717) is 56.1 Å². The molecule has 0 aliphatic heterocycles. The van der Waals surface area contributed by atoms with Crippen LogP contribution in [-0.2, 0) is 11.2 Å². The lowest BCUT2D eigenvalue weighted by Crippen LogP contribution is -2.30. The summed E-state index contributed by atoms with van der Waals surface area (Å²) in [7, 11) is 0. The van der Waals surface area contributed by atoms with Crippen molar-refractivity contribution in [1.82, 2.24) is 0 Å². The molecule has 0 saturated carbocycles. The average Bonchev–Trinajstić information content (AvgIpc) is 2.53. The van der Waals surface area contributed by atoms with E-state index in [4.69, 9.17) is 46.4 Å². The number of halogens is 4. The van der Waals surface area contributed by atoms with Crippen LogP contribution < -0.4 is 9.80 Å². The Hall–Kier alpha value is -0.350. The van der Waals surface area contributed by atoms with Crippen LogP contribution in [0.25, 0.3) is 0 Å². The summed E-state index contributed by atoms with van der Waals surface area (Å²) in [6.45, 7) is 4.38. The summed E-state index contributed by atoms with van der Waals surface area (Å²) in [6, 6.07) is 6.15. The number of alkyl halides is 4. The minimum atomic E-state index is 0.126. The van der Waals surface area contributed by atoms with Gasteiger partial charge in [0.25, 0.3) is 0 Å². The third kappa shape index (κ3) is 7.26. The molecule has 0 amide bonds. The molecule has 1 rings (SSSR count). The zero-order valence-electron chi connectivity index (χ0n) is 13.9. The fourth-order valence-corrected chi connectivity index (χ4v) is 3.38. The van der Waals surface area contributed by atoms with Crippen LogP contribution in [-0.4, -0.2) is 55.5 Å². The molecule has 0 aliphatic carbocycles. The van der Waals surface area contributed by atoms with Crippen LogP contribution in [0.1, 0.15) is 12.5 Å². The molecule has 0 bridgehead atoms. The van der Waals surface area contributed by atoms with Gasteiger partial charge in [-0.2, -0.15) is 0 Å². The molecule has 0 heterocycles. The molecule has 0 fully saturated rings. The highest BCUT2D eigenvalue weighted by Gasteiger charge is 2.13. The lowest BCUT2D eigenvalue weighted by atomic mass is 10.1. The summed E-state index contributed by atoms with van der Waals surface area (Å²) in [5.74, 6) is 2.17. The number of Topliss-reactive ketones (excluding diaryl/α,β-unsaturated/α-hetero) is 1. The van der Waals surface area contributed by atoms with E-state index in [0.717, 1.165) is 16.9 Å². The van der Waals surface area contributed by atoms with Crippen molar-refractivity contribution in [2.75, 3.05) is 59.5 Å². The molecule has 3 nitrogen and oxygen atoms in total. The molecule has 24 heavy (non-hydrogen) atoms. The first-order chi connectivity index (χ1) is 11.5. The van der Waals surface area contributed by atoms with Crippen molar-refractivity contribution in [3.05, 3.63) is 23.8 Å². The predicted octanol–water partition coefficient (Wildman–Crippen LogP) is 4.39. The van der Waals surface area contributed by atoms with Crippen molar-refractivity contribution in [3.63, 3.8) is 0 Å². The Kier molecular flexibility index (Phi) is 10.9. The van der Waals surface area contributed by atoms with E-state index in [9.17, 15) is 4.79 Å². The van der Waals surface area contributed by atoms with Crippen molar-refractivity contribution in [1.29, 1.82) is 0 Å². The van der Waals surface area contributed by atoms with Gasteiger partial charge in [0, 0.05) is 67.5 Å². The molecule has 0 saturated heterocycles. The highest BCUT2D eigenvalue weighted by Crippen LogP contribution is 2.26. The number of ketones is 1. The number of benzene rings is 1. The van der Waals surface area contributed by atoms with Gasteiger partial charge in [0.1, 0.15) is 5.78 Å². The van der Waals surface area contributed by atoms with Gasteiger partial charge in [0.05, 0.1) is 0 Å². The number of nitrogens with zero attached hydrogens (tertiary/aromatic N) is 2. The summed E-state index contributed by atoms with van der Waals surface area (Å²) in [4.78, 5) is 15.8. The van der Waals surface area contributed by atoms with Crippen LogP contribution in [0.2, 0.25) is 0 Å². The molecule has 0 aromatic heterocycles. The summed E-state index contributed by atoms with van der Waals surface area (Å²) in [5, 5.41) is 0. The zero-order chi connectivity index (χ0) is 17.9. The Bertz CT molecular complexity index is 467. The fourth-order valence-electron chi connectivity index (χ4n) is 2.56. The minimum absolute atomic E-state index is 0.126. The topological polar surface area (TPSA) is 23.6 Å². The van der Waals surface area contributed by atoms with Gasteiger partial charge in [-0.05, 0) is 30.7 Å². The Morgan fingerprint density at radius 3 is 1.46 bits per heavy atom. The normalized spacial score (nSPS) is 10.7. The fraction of sp³-hybridized carbons (Fsp3) is 0.588. The van der Waals surface area contributed by atoms with Gasteiger partial charge >= 0.3 is 0 Å². The van der Waals surface area contributed by atoms with Crippen LogP contribution >= 0.6 is 46.4 Å². The second-order valence-corrected chi connectivity index (χ2v) is 6.98. The van der Waals surface area contributed by atoms with E-state index < -0.39 is 0 Å². The number of carbonyl (C=O) groups is 1. The second-order valence-electron chi connectivity index (χ2n) is 5.47. The molecule has 1 aromatic rings. The number of hydrogen-bond acceptors (Lipinski definition) is 3. The third-order valence-corrected chi connectivity index (χ3v) is 4.24. The van der Waals surface area contributed by atoms with Gasteiger partial charge in [0.2, 0.25) is 0 Å². The molecular weight excluding hydrogens is 390 g/mol. The van der Waals surface area contributed by atoms with E-state index in [1.807, 2.05) is 12.1 Å². The maximum absolute atomic E-state index is 11.6. The highest BCUT2D eigenvalue weighted by atomic mass is 35.5. The first kappa shape index (κ1) is 21.7. The Balaban J connectivity index is 3.25. The molecule has 7 heteroatoms. The van der Waals surface area contributed by atoms with Gasteiger partial charge in [-0.3, -0.25) is 4.79 Å². The first-order valence-corrected chi connectivity index (χ1v) is 10.1. The van der Waals surface area contributed by atoms with Crippen molar-refractivity contribution in [2.45, 2.75) is 13.3 Å². The molecule has 0 radical (unpaired) electrons. The van der Waals surface area contributed by atoms with Crippen LogP contribution in [0, 0.1) is 0 Å². The van der Waals surface area contributed by atoms with Crippen molar-refractivity contribution < 1.29 is 4.79 Å². The smallest absolute Gasteiger partial charge is 0.134 e. The lowest BCUT2D eigenvalue weighted by molar-refractivity contribution is -0.116. The number of hydrogen-bond donors (Lipinski definition) is 0.